The van der Waals surface area contributed by atoms with Crippen molar-refractivity contribution in [3.63, 3.8) is 0 Å². The van der Waals surface area contributed by atoms with Gasteiger partial charge in [-0.25, -0.2) is 0 Å². The molecule has 11 aromatic rings. The van der Waals surface area contributed by atoms with Gasteiger partial charge in [0.15, 0.2) is 0 Å². The molecule has 11 rings (SSSR count). The van der Waals surface area contributed by atoms with Crippen molar-refractivity contribution in [2.45, 2.75) is 0 Å². The topological polar surface area (TPSA) is 8.17 Å². The monoisotopic (exact) mass is 692 g/mol. The normalized spacial score (nSPS) is 11.8. The lowest BCUT2D eigenvalue weighted by Crippen LogP contribution is -2.11. The molecule has 0 bridgehead atoms. The Labute approximate surface area is 311 Å². The molecular weight excluding hydrogens is 661 g/mol. The van der Waals surface area contributed by atoms with Gasteiger partial charge in [-0.15, -0.1) is 11.3 Å². The number of aromatic nitrogens is 1. The molecule has 0 N–H and O–H groups in total. The Bertz CT molecular complexity index is 3190. The van der Waals surface area contributed by atoms with E-state index in [4.69, 9.17) is 0 Å². The molecule has 9 aromatic carbocycles. The molecule has 248 valence electrons. The van der Waals surface area contributed by atoms with E-state index in [2.05, 4.69) is 204 Å². The summed E-state index contributed by atoms with van der Waals surface area (Å²) < 4.78 is 5.01. The highest BCUT2D eigenvalue weighted by atomic mass is 32.1. The average Bonchev–Trinajstić information content (AvgIpc) is 3.78. The lowest BCUT2D eigenvalue weighted by molar-refractivity contribution is 1.18. The minimum absolute atomic E-state index is 1.12. The molecule has 2 heterocycles. The predicted molar refractivity (Wildman–Crippen MR) is 229 cm³/mol. The van der Waals surface area contributed by atoms with Crippen molar-refractivity contribution in [1.29, 1.82) is 0 Å². The van der Waals surface area contributed by atoms with Gasteiger partial charge < -0.3 is 9.47 Å². The third-order valence-corrected chi connectivity index (χ3v) is 11.9. The van der Waals surface area contributed by atoms with Crippen molar-refractivity contribution in [2.75, 3.05) is 4.90 Å². The predicted octanol–water partition coefficient (Wildman–Crippen LogP) is 14.6. The van der Waals surface area contributed by atoms with Gasteiger partial charge in [-0.2, -0.15) is 0 Å². The van der Waals surface area contributed by atoms with Crippen LogP contribution in [-0.2, 0) is 0 Å². The van der Waals surface area contributed by atoms with E-state index in [0.717, 1.165) is 17.1 Å². The van der Waals surface area contributed by atoms with Crippen LogP contribution in [0.3, 0.4) is 0 Å². The number of anilines is 3. The van der Waals surface area contributed by atoms with Crippen LogP contribution in [0.4, 0.5) is 17.1 Å². The molecule has 2 aromatic heterocycles. The van der Waals surface area contributed by atoms with Crippen LogP contribution in [-0.4, -0.2) is 4.57 Å². The fourth-order valence-corrected chi connectivity index (χ4v) is 9.61. The second-order valence-corrected chi connectivity index (χ2v) is 14.8. The molecule has 0 radical (unpaired) electrons. The molecule has 0 aliphatic carbocycles. The van der Waals surface area contributed by atoms with E-state index in [0.29, 0.717) is 0 Å². The van der Waals surface area contributed by atoms with Gasteiger partial charge >= 0.3 is 0 Å². The molecular formula is C50H32N2S. The molecule has 0 unspecified atom stereocenters. The van der Waals surface area contributed by atoms with Gasteiger partial charge in [0.25, 0.3) is 0 Å². The first kappa shape index (κ1) is 30.0. The van der Waals surface area contributed by atoms with Crippen LogP contribution >= 0.6 is 11.3 Å². The summed E-state index contributed by atoms with van der Waals surface area (Å²) in [6.07, 6.45) is 0. The maximum Gasteiger partial charge on any atom is 0.0619 e. The zero-order chi connectivity index (χ0) is 34.9. The third-order valence-electron chi connectivity index (χ3n) is 10.7. The van der Waals surface area contributed by atoms with Crippen molar-refractivity contribution in [1.82, 2.24) is 4.57 Å². The summed E-state index contributed by atoms with van der Waals surface area (Å²) in [5.74, 6) is 0. The summed E-state index contributed by atoms with van der Waals surface area (Å²) in [4.78, 5) is 2.51. The maximum absolute atomic E-state index is 2.51. The molecule has 0 amide bonds. The summed E-state index contributed by atoms with van der Waals surface area (Å²) >= 11 is 1.86. The minimum Gasteiger partial charge on any atom is -0.309 e. The molecule has 0 saturated heterocycles. The number of hydrogen-bond donors (Lipinski definition) is 0. The Kier molecular flexibility index (Phi) is 6.76. The highest BCUT2D eigenvalue weighted by Crippen LogP contribution is 2.48. The summed E-state index contributed by atoms with van der Waals surface area (Å²) in [5, 5.41) is 10.0. The molecule has 0 aliphatic rings. The van der Waals surface area contributed by atoms with Gasteiger partial charge in [-0.3, -0.25) is 0 Å². The van der Waals surface area contributed by atoms with Gasteiger partial charge in [0, 0.05) is 53.3 Å². The van der Waals surface area contributed by atoms with E-state index in [-0.39, 0.29) is 0 Å². The summed E-state index contributed by atoms with van der Waals surface area (Å²) in [5.41, 5.74) is 9.40. The highest BCUT2D eigenvalue weighted by molar-refractivity contribution is 7.26. The molecule has 0 spiro atoms. The average molecular weight is 693 g/mol. The first-order valence-corrected chi connectivity index (χ1v) is 18.9. The van der Waals surface area contributed by atoms with E-state index in [1.54, 1.807) is 0 Å². The van der Waals surface area contributed by atoms with Crippen LogP contribution in [0.5, 0.6) is 0 Å². The first-order chi connectivity index (χ1) is 26.3. The Morgan fingerprint density at radius 2 is 1.08 bits per heavy atom. The fourth-order valence-electron chi connectivity index (χ4n) is 8.48. The molecule has 0 atom stereocenters. The summed E-state index contributed by atoms with van der Waals surface area (Å²) in [6, 6.07) is 71.0. The lowest BCUT2D eigenvalue weighted by atomic mass is 9.97. The lowest BCUT2D eigenvalue weighted by Gasteiger charge is -2.29. The Morgan fingerprint density at radius 1 is 0.415 bits per heavy atom. The van der Waals surface area contributed by atoms with Crippen molar-refractivity contribution in [3.05, 3.63) is 194 Å². The van der Waals surface area contributed by atoms with E-state index >= 15 is 0 Å². The zero-order valence-corrected chi connectivity index (χ0v) is 29.6. The van der Waals surface area contributed by atoms with Gasteiger partial charge in [0.2, 0.25) is 0 Å². The third kappa shape index (κ3) is 4.64. The number of nitrogens with zero attached hydrogens (tertiary/aromatic N) is 2. The van der Waals surface area contributed by atoms with Gasteiger partial charge in [-0.05, 0) is 76.3 Å². The zero-order valence-electron chi connectivity index (χ0n) is 28.8. The van der Waals surface area contributed by atoms with Gasteiger partial charge in [-0.1, -0.05) is 140 Å². The first-order valence-electron chi connectivity index (χ1n) is 18.1. The van der Waals surface area contributed by atoms with Crippen LogP contribution in [0.15, 0.2) is 194 Å². The van der Waals surface area contributed by atoms with E-state index < -0.39 is 0 Å². The van der Waals surface area contributed by atoms with Crippen LogP contribution in [0, 0.1) is 0 Å². The van der Waals surface area contributed by atoms with Gasteiger partial charge in [0.1, 0.15) is 0 Å². The fraction of sp³-hybridized carbons (Fsp3) is 0. The van der Waals surface area contributed by atoms with Crippen LogP contribution in [0.2, 0.25) is 0 Å². The van der Waals surface area contributed by atoms with E-state index in [1.807, 2.05) is 11.3 Å². The van der Waals surface area contributed by atoms with Crippen molar-refractivity contribution < 1.29 is 0 Å². The Balaban J connectivity index is 1.22. The van der Waals surface area contributed by atoms with Crippen LogP contribution < -0.4 is 4.90 Å². The number of hydrogen-bond acceptors (Lipinski definition) is 2. The molecule has 3 heteroatoms. The standard InChI is InChI=1S/C50H32N2S/c1-2-17-35(18-3-1)52-44-27-10-8-23-41(44)42-26-13-25-38(50(42)52)33-16-12-19-36(31-33)51(45-28-14-30-48-49(45)43-24-9-11-29-47(43)53-48)46-32-34-15-4-5-20-37(34)39-21-6-7-22-40(39)46/h1-32H. The Morgan fingerprint density at radius 3 is 1.96 bits per heavy atom. The Hall–Kier alpha value is -6.68. The van der Waals surface area contributed by atoms with Crippen molar-refractivity contribution in [3.8, 4) is 16.8 Å². The molecule has 0 saturated carbocycles. The van der Waals surface area contributed by atoms with Gasteiger partial charge in [0.05, 0.1) is 22.4 Å². The second kappa shape index (κ2) is 11.9. The smallest absolute Gasteiger partial charge is 0.0619 e. The number of rotatable bonds is 5. The van der Waals surface area contributed by atoms with Crippen LogP contribution in [0.25, 0.3) is 80.3 Å². The number of para-hydroxylation sites is 3. The summed E-state index contributed by atoms with van der Waals surface area (Å²) in [7, 11) is 0. The maximum atomic E-state index is 2.51. The van der Waals surface area contributed by atoms with Crippen LogP contribution in [0.1, 0.15) is 0 Å². The number of fused-ring (bicyclic) bond motifs is 9. The van der Waals surface area contributed by atoms with Crippen molar-refractivity contribution >= 4 is 91.9 Å². The quantitative estimate of drug-likeness (QED) is 0.163. The van der Waals surface area contributed by atoms with E-state index in [9.17, 15) is 0 Å². The second-order valence-electron chi connectivity index (χ2n) is 13.7. The molecule has 0 aliphatic heterocycles. The number of benzene rings is 9. The molecule has 53 heavy (non-hydrogen) atoms. The van der Waals surface area contributed by atoms with E-state index in [1.165, 1.54) is 80.3 Å². The summed E-state index contributed by atoms with van der Waals surface area (Å²) in [6.45, 7) is 0. The number of thiophene rings is 1. The molecule has 0 fully saturated rings. The SMILES string of the molecule is c1ccc(-n2c3ccccc3c3cccc(-c4cccc(N(c5cc6ccccc6c6ccccc56)c5cccc6sc7ccccc7c56)c4)c32)cc1. The minimum atomic E-state index is 1.12. The van der Waals surface area contributed by atoms with Crippen molar-refractivity contribution in [2.24, 2.45) is 0 Å². The largest absolute Gasteiger partial charge is 0.309 e. The molecule has 2 nitrogen and oxygen atoms in total. The highest BCUT2D eigenvalue weighted by Gasteiger charge is 2.23.